The summed E-state index contributed by atoms with van der Waals surface area (Å²) >= 11 is 0. The minimum atomic E-state index is -0.195. The average Bonchev–Trinajstić information content (AvgIpc) is 3.25. The van der Waals surface area contributed by atoms with E-state index in [1.54, 1.807) is 5.57 Å². The molecular weight excluding hydrogens is 478 g/mol. The van der Waals surface area contributed by atoms with Gasteiger partial charge in [-0.3, -0.25) is 0 Å². The zero-order valence-electron chi connectivity index (χ0n) is 26.7. The molecule has 1 amide bonds. The van der Waals surface area contributed by atoms with Gasteiger partial charge in [0.05, 0.1) is 0 Å². The smallest absolute Gasteiger partial charge is 0.407 e. The van der Waals surface area contributed by atoms with E-state index in [9.17, 15) is 4.79 Å². The van der Waals surface area contributed by atoms with Crippen LogP contribution in [0, 0.1) is 46.3 Å². The van der Waals surface area contributed by atoms with Gasteiger partial charge < -0.3 is 10.1 Å². The van der Waals surface area contributed by atoms with Crippen LogP contribution in [0.25, 0.3) is 0 Å². The fourth-order valence-electron chi connectivity index (χ4n) is 10.0. The van der Waals surface area contributed by atoms with Crippen molar-refractivity contribution in [2.75, 3.05) is 6.54 Å². The first kappa shape index (κ1) is 31.0. The molecule has 39 heavy (non-hydrogen) atoms. The standard InChI is InChI=1S/C36H63NO2/c1-7-8-9-10-11-12-24-37-34(38)39-29-20-22-35(5)28(25-29)16-17-30-32-19-18-31(27(4)15-13-14-26(2)3)36(32,6)23-21-33(30)35/h16,26-27,29-33H,7-15,17-25H2,1-6H3,(H,37,38)/t27-,29+,30+,31-,32+,33+,35+,36-/m1/s1. The maximum atomic E-state index is 12.5. The molecule has 0 spiro atoms. The zero-order valence-corrected chi connectivity index (χ0v) is 26.7. The number of carbonyl (C=O) groups is 1. The summed E-state index contributed by atoms with van der Waals surface area (Å²) in [5, 5.41) is 3.03. The molecule has 0 aromatic carbocycles. The SMILES string of the molecule is CCCCCCCCNC(=O)O[C@H]1CC[C@@]2(C)C(=CC[C@H]3[C@@H]4CC[C@H]([C@H](C)CCCC(C)C)[C@@]4(C)CC[C@@H]32)C1. The summed E-state index contributed by atoms with van der Waals surface area (Å²) in [6, 6.07) is 0. The topological polar surface area (TPSA) is 38.3 Å². The normalized spacial score (nSPS) is 36.5. The van der Waals surface area contributed by atoms with Crippen molar-refractivity contribution in [2.45, 2.75) is 157 Å². The van der Waals surface area contributed by atoms with Crippen molar-refractivity contribution < 1.29 is 9.53 Å². The molecule has 3 nitrogen and oxygen atoms in total. The van der Waals surface area contributed by atoms with E-state index in [0.29, 0.717) is 10.8 Å². The molecule has 4 aliphatic rings. The number of hydrogen-bond donors (Lipinski definition) is 1. The van der Waals surface area contributed by atoms with E-state index in [2.05, 4.69) is 52.9 Å². The number of fused-ring (bicyclic) bond motifs is 5. The number of allylic oxidation sites excluding steroid dienone is 1. The van der Waals surface area contributed by atoms with Crippen LogP contribution in [0.4, 0.5) is 4.79 Å². The summed E-state index contributed by atoms with van der Waals surface area (Å²) in [6.07, 6.45) is 24.4. The third-order valence-electron chi connectivity index (χ3n) is 12.3. The Balaban J connectivity index is 1.29. The van der Waals surface area contributed by atoms with Gasteiger partial charge in [-0.15, -0.1) is 0 Å². The van der Waals surface area contributed by atoms with Gasteiger partial charge in [-0.25, -0.2) is 4.79 Å². The van der Waals surface area contributed by atoms with Crippen LogP contribution in [0.1, 0.15) is 151 Å². The second-order valence-electron chi connectivity index (χ2n) is 15.3. The number of rotatable bonds is 13. The van der Waals surface area contributed by atoms with E-state index in [0.717, 1.165) is 61.3 Å². The van der Waals surface area contributed by atoms with Crippen LogP contribution in [0.2, 0.25) is 0 Å². The lowest BCUT2D eigenvalue weighted by molar-refractivity contribution is -0.0581. The number of hydrogen-bond acceptors (Lipinski definition) is 2. The molecular formula is C36H63NO2. The Labute approximate surface area is 242 Å². The first-order chi connectivity index (χ1) is 18.7. The molecule has 1 N–H and O–H groups in total. The summed E-state index contributed by atoms with van der Waals surface area (Å²) in [5.74, 6) is 5.23. The fraction of sp³-hybridized carbons (Fsp3) is 0.917. The van der Waals surface area contributed by atoms with Crippen molar-refractivity contribution in [3.05, 3.63) is 11.6 Å². The highest BCUT2D eigenvalue weighted by molar-refractivity contribution is 5.67. The van der Waals surface area contributed by atoms with E-state index in [1.807, 2.05) is 0 Å². The Bertz CT molecular complexity index is 819. The molecule has 0 bridgehead atoms. The molecule has 3 heteroatoms. The van der Waals surface area contributed by atoms with E-state index in [4.69, 9.17) is 4.74 Å². The van der Waals surface area contributed by atoms with Crippen molar-refractivity contribution in [3.8, 4) is 0 Å². The molecule has 0 aliphatic heterocycles. The van der Waals surface area contributed by atoms with Crippen LogP contribution in [-0.2, 0) is 4.74 Å². The Kier molecular flexibility index (Phi) is 10.9. The molecule has 4 aliphatic carbocycles. The molecule has 4 rings (SSSR count). The van der Waals surface area contributed by atoms with Gasteiger partial charge in [-0.2, -0.15) is 0 Å². The van der Waals surface area contributed by atoms with Gasteiger partial charge in [0.15, 0.2) is 0 Å². The van der Waals surface area contributed by atoms with Gasteiger partial charge in [-0.1, -0.05) is 105 Å². The maximum absolute atomic E-state index is 12.5. The number of unbranched alkanes of at least 4 members (excludes halogenated alkanes) is 5. The lowest BCUT2D eigenvalue weighted by Crippen LogP contribution is -2.51. The molecule has 0 saturated heterocycles. The Morgan fingerprint density at radius 1 is 0.949 bits per heavy atom. The van der Waals surface area contributed by atoms with Crippen molar-refractivity contribution in [2.24, 2.45) is 46.3 Å². The highest BCUT2D eigenvalue weighted by Crippen LogP contribution is 2.67. The minimum Gasteiger partial charge on any atom is -0.446 e. The lowest BCUT2D eigenvalue weighted by atomic mass is 9.47. The van der Waals surface area contributed by atoms with Gasteiger partial charge in [0, 0.05) is 13.0 Å². The van der Waals surface area contributed by atoms with Gasteiger partial charge in [-0.05, 0) is 97.7 Å². The lowest BCUT2D eigenvalue weighted by Gasteiger charge is -2.58. The second kappa shape index (κ2) is 13.8. The Morgan fingerprint density at radius 3 is 2.49 bits per heavy atom. The summed E-state index contributed by atoms with van der Waals surface area (Å²) in [4.78, 5) is 12.5. The van der Waals surface area contributed by atoms with Crippen LogP contribution >= 0.6 is 0 Å². The summed E-state index contributed by atoms with van der Waals surface area (Å²) in [5.41, 5.74) is 2.48. The highest BCUT2D eigenvalue weighted by atomic mass is 16.6. The number of carbonyl (C=O) groups excluding carboxylic acids is 1. The van der Waals surface area contributed by atoms with E-state index in [-0.39, 0.29) is 12.2 Å². The maximum Gasteiger partial charge on any atom is 0.407 e. The van der Waals surface area contributed by atoms with Gasteiger partial charge in [0.1, 0.15) is 6.10 Å². The quantitative estimate of drug-likeness (QED) is 0.186. The third-order valence-corrected chi connectivity index (χ3v) is 12.3. The molecule has 0 aromatic heterocycles. The van der Waals surface area contributed by atoms with Gasteiger partial charge >= 0.3 is 6.09 Å². The Morgan fingerprint density at radius 2 is 1.72 bits per heavy atom. The number of amides is 1. The third kappa shape index (κ3) is 7.09. The molecule has 0 aromatic rings. The van der Waals surface area contributed by atoms with E-state index < -0.39 is 0 Å². The molecule has 3 fully saturated rings. The van der Waals surface area contributed by atoms with Crippen molar-refractivity contribution >= 4 is 6.09 Å². The van der Waals surface area contributed by atoms with Crippen LogP contribution in [0.15, 0.2) is 11.6 Å². The van der Waals surface area contributed by atoms with Crippen LogP contribution in [0.5, 0.6) is 0 Å². The van der Waals surface area contributed by atoms with Crippen LogP contribution < -0.4 is 5.32 Å². The van der Waals surface area contributed by atoms with Gasteiger partial charge in [0.2, 0.25) is 0 Å². The molecule has 0 unspecified atom stereocenters. The van der Waals surface area contributed by atoms with Crippen molar-refractivity contribution in [1.82, 2.24) is 5.32 Å². The predicted octanol–water partition coefficient (Wildman–Crippen LogP) is 10.5. The number of ether oxygens (including phenoxy) is 1. The van der Waals surface area contributed by atoms with E-state index >= 15 is 0 Å². The van der Waals surface area contributed by atoms with Crippen LogP contribution in [0.3, 0.4) is 0 Å². The summed E-state index contributed by atoms with van der Waals surface area (Å²) in [7, 11) is 0. The minimum absolute atomic E-state index is 0.0573. The number of nitrogens with one attached hydrogen (secondary N) is 1. The predicted molar refractivity (Wildman–Crippen MR) is 165 cm³/mol. The summed E-state index contributed by atoms with van der Waals surface area (Å²) in [6.45, 7) is 15.6. The molecule has 0 radical (unpaired) electrons. The first-order valence-corrected chi connectivity index (χ1v) is 17.3. The molecule has 3 saturated carbocycles. The van der Waals surface area contributed by atoms with E-state index in [1.165, 1.54) is 89.9 Å². The molecule has 8 atom stereocenters. The monoisotopic (exact) mass is 541 g/mol. The largest absolute Gasteiger partial charge is 0.446 e. The Hall–Kier alpha value is -0.990. The zero-order chi connectivity index (χ0) is 28.0. The fourth-order valence-corrected chi connectivity index (χ4v) is 10.0. The van der Waals surface area contributed by atoms with Crippen LogP contribution in [-0.4, -0.2) is 18.7 Å². The first-order valence-electron chi connectivity index (χ1n) is 17.3. The van der Waals surface area contributed by atoms with Crippen molar-refractivity contribution in [1.29, 1.82) is 0 Å². The summed E-state index contributed by atoms with van der Waals surface area (Å²) < 4.78 is 5.95. The molecule has 224 valence electrons. The second-order valence-corrected chi connectivity index (χ2v) is 15.3. The van der Waals surface area contributed by atoms with Crippen molar-refractivity contribution in [3.63, 3.8) is 0 Å². The highest BCUT2D eigenvalue weighted by Gasteiger charge is 2.59. The average molecular weight is 542 g/mol. The molecule has 0 heterocycles. The number of alkyl carbamates (subject to hydrolysis) is 1. The van der Waals surface area contributed by atoms with Gasteiger partial charge in [0.25, 0.3) is 0 Å².